The molecule has 0 spiro atoms. The normalized spacial score (nSPS) is 13.2. The summed E-state index contributed by atoms with van der Waals surface area (Å²) in [6.45, 7) is 1.68. The lowest BCUT2D eigenvalue weighted by Gasteiger charge is -2.02. The molecule has 0 heterocycles. The Morgan fingerprint density at radius 2 is 2.20 bits per heavy atom. The van der Waals surface area contributed by atoms with Crippen LogP contribution >= 0.6 is 0 Å². The minimum absolute atomic E-state index is 0.204. The number of hydrogen-bond donors (Lipinski definition) is 2. The third-order valence-corrected chi connectivity index (χ3v) is 1.16. The lowest BCUT2D eigenvalue weighted by atomic mass is 10.2. The van der Waals surface area contributed by atoms with E-state index in [2.05, 4.69) is 0 Å². The Morgan fingerprint density at radius 1 is 1.70 bits per heavy atom. The van der Waals surface area contributed by atoms with E-state index in [1.807, 2.05) is 0 Å². The molecule has 0 amide bonds. The van der Waals surface area contributed by atoms with Crippen molar-refractivity contribution in [3.63, 3.8) is 0 Å². The molecule has 2 nitrogen and oxygen atoms in total. The number of rotatable bonds is 3. The monoisotopic (exact) mass is 148 g/mol. The van der Waals surface area contributed by atoms with Gasteiger partial charge in [0.2, 0.25) is 0 Å². The van der Waals surface area contributed by atoms with E-state index in [0.29, 0.717) is 6.42 Å². The number of nitrogens with two attached hydrogens (primary N) is 1. The largest absolute Gasteiger partial charge is 0.397 e. The maximum atomic E-state index is 11.8. The number of allylic oxidation sites excluding steroid dienone is 2. The number of nitrogens with one attached hydrogen (secondary N) is 1. The Bertz CT molecular complexity index is 152. The van der Waals surface area contributed by atoms with Gasteiger partial charge < -0.3 is 11.1 Å². The van der Waals surface area contributed by atoms with Crippen molar-refractivity contribution in [2.75, 3.05) is 0 Å². The standard InChI is InChI=1S/C6H10F2N2/c1-2-4(3-9)5(10)6(7)8/h3,6,9H,2,10H2,1H3. The summed E-state index contributed by atoms with van der Waals surface area (Å²) in [5.74, 6) is 0. The van der Waals surface area contributed by atoms with Crippen molar-refractivity contribution >= 4 is 6.21 Å². The Morgan fingerprint density at radius 3 is 2.30 bits per heavy atom. The van der Waals surface area contributed by atoms with Crippen LogP contribution in [0.4, 0.5) is 8.78 Å². The summed E-state index contributed by atoms with van der Waals surface area (Å²) >= 11 is 0. The minimum atomic E-state index is -2.64. The van der Waals surface area contributed by atoms with E-state index in [1.54, 1.807) is 6.92 Å². The Hall–Kier alpha value is -0.930. The molecule has 0 aliphatic rings. The van der Waals surface area contributed by atoms with Crippen molar-refractivity contribution in [3.05, 3.63) is 11.3 Å². The van der Waals surface area contributed by atoms with Crippen molar-refractivity contribution < 1.29 is 8.78 Å². The van der Waals surface area contributed by atoms with Crippen molar-refractivity contribution in [2.24, 2.45) is 5.73 Å². The molecule has 0 aliphatic carbocycles. The van der Waals surface area contributed by atoms with E-state index >= 15 is 0 Å². The van der Waals surface area contributed by atoms with Gasteiger partial charge in [0.25, 0.3) is 6.43 Å². The molecule has 0 aromatic rings. The molecule has 4 heteroatoms. The van der Waals surface area contributed by atoms with Crippen molar-refractivity contribution in [3.8, 4) is 0 Å². The zero-order valence-electron chi connectivity index (χ0n) is 5.70. The molecular weight excluding hydrogens is 138 g/mol. The first-order chi connectivity index (χ1) is 4.63. The van der Waals surface area contributed by atoms with E-state index in [9.17, 15) is 8.78 Å². The molecule has 0 atom stereocenters. The van der Waals surface area contributed by atoms with Crippen molar-refractivity contribution in [1.29, 1.82) is 5.41 Å². The summed E-state index contributed by atoms with van der Waals surface area (Å²) in [4.78, 5) is 0. The van der Waals surface area contributed by atoms with Crippen LogP contribution in [0, 0.1) is 5.41 Å². The average Bonchev–Trinajstić information content (AvgIpc) is 1.90. The molecule has 0 fully saturated rings. The van der Waals surface area contributed by atoms with Gasteiger partial charge in [-0.25, -0.2) is 8.78 Å². The van der Waals surface area contributed by atoms with Crippen LogP contribution in [0.5, 0.6) is 0 Å². The summed E-state index contributed by atoms with van der Waals surface area (Å²) < 4.78 is 23.5. The average molecular weight is 148 g/mol. The highest BCUT2D eigenvalue weighted by Gasteiger charge is 2.09. The van der Waals surface area contributed by atoms with Crippen molar-refractivity contribution in [1.82, 2.24) is 0 Å². The van der Waals surface area contributed by atoms with E-state index in [4.69, 9.17) is 11.1 Å². The molecule has 0 saturated carbocycles. The lowest BCUT2D eigenvalue weighted by Crippen LogP contribution is -2.11. The molecule has 0 bridgehead atoms. The molecule has 3 N–H and O–H groups in total. The molecule has 0 aromatic carbocycles. The maximum absolute atomic E-state index is 11.8. The van der Waals surface area contributed by atoms with Gasteiger partial charge in [0.05, 0.1) is 5.70 Å². The van der Waals surface area contributed by atoms with Gasteiger partial charge >= 0.3 is 0 Å². The molecule has 58 valence electrons. The van der Waals surface area contributed by atoms with E-state index in [0.717, 1.165) is 6.21 Å². The topological polar surface area (TPSA) is 49.9 Å². The van der Waals surface area contributed by atoms with Crippen LogP contribution in [0.3, 0.4) is 0 Å². The Labute approximate surface area is 58.2 Å². The molecule has 0 unspecified atom stereocenters. The number of halogens is 2. The minimum Gasteiger partial charge on any atom is -0.397 e. The third-order valence-electron chi connectivity index (χ3n) is 1.16. The van der Waals surface area contributed by atoms with Crippen LogP contribution in [-0.4, -0.2) is 12.6 Å². The van der Waals surface area contributed by atoms with Gasteiger partial charge in [-0.05, 0) is 12.0 Å². The van der Waals surface area contributed by atoms with Crippen LogP contribution in [0.25, 0.3) is 0 Å². The third kappa shape index (κ3) is 2.13. The predicted octanol–water partition coefficient (Wildman–Crippen LogP) is 1.52. The Balaban J connectivity index is 4.42. The van der Waals surface area contributed by atoms with Gasteiger partial charge in [-0.2, -0.15) is 0 Å². The zero-order chi connectivity index (χ0) is 8.15. The van der Waals surface area contributed by atoms with Gasteiger partial charge in [-0.3, -0.25) is 0 Å². The fraction of sp³-hybridized carbons (Fsp3) is 0.500. The van der Waals surface area contributed by atoms with Crippen LogP contribution in [0.2, 0.25) is 0 Å². The molecular formula is C6H10F2N2. The first-order valence-electron chi connectivity index (χ1n) is 2.90. The van der Waals surface area contributed by atoms with Crippen LogP contribution in [0.15, 0.2) is 11.3 Å². The first kappa shape index (κ1) is 9.07. The summed E-state index contributed by atoms with van der Waals surface area (Å²) in [6.07, 6.45) is -1.40. The fourth-order valence-electron chi connectivity index (χ4n) is 0.530. The smallest absolute Gasteiger partial charge is 0.278 e. The van der Waals surface area contributed by atoms with Crippen LogP contribution < -0.4 is 5.73 Å². The fourth-order valence-corrected chi connectivity index (χ4v) is 0.530. The Kier molecular flexibility index (Phi) is 3.61. The molecule has 0 rings (SSSR count). The number of alkyl halides is 2. The number of hydrogen-bond acceptors (Lipinski definition) is 2. The zero-order valence-corrected chi connectivity index (χ0v) is 5.70. The second-order valence-electron chi connectivity index (χ2n) is 1.78. The highest BCUT2D eigenvalue weighted by Crippen LogP contribution is 2.08. The molecule has 0 aliphatic heterocycles. The van der Waals surface area contributed by atoms with Crippen LogP contribution in [-0.2, 0) is 0 Å². The van der Waals surface area contributed by atoms with Gasteiger partial charge in [0.15, 0.2) is 0 Å². The molecule has 0 aromatic heterocycles. The van der Waals surface area contributed by atoms with Gasteiger partial charge in [-0.1, -0.05) is 6.92 Å². The second-order valence-corrected chi connectivity index (χ2v) is 1.78. The van der Waals surface area contributed by atoms with Gasteiger partial charge in [-0.15, -0.1) is 0 Å². The van der Waals surface area contributed by atoms with Gasteiger partial charge in [0, 0.05) is 6.21 Å². The predicted molar refractivity (Wildman–Crippen MR) is 36.3 cm³/mol. The first-order valence-corrected chi connectivity index (χ1v) is 2.90. The molecule has 10 heavy (non-hydrogen) atoms. The highest BCUT2D eigenvalue weighted by atomic mass is 19.3. The molecule has 0 saturated heterocycles. The van der Waals surface area contributed by atoms with Crippen molar-refractivity contribution in [2.45, 2.75) is 19.8 Å². The summed E-state index contributed by atoms with van der Waals surface area (Å²) in [7, 11) is 0. The van der Waals surface area contributed by atoms with Gasteiger partial charge in [0.1, 0.15) is 0 Å². The molecule has 0 radical (unpaired) electrons. The SMILES string of the molecule is CCC(C=N)=C(N)C(F)F. The van der Waals surface area contributed by atoms with Crippen LogP contribution in [0.1, 0.15) is 13.3 Å². The maximum Gasteiger partial charge on any atom is 0.278 e. The van der Waals surface area contributed by atoms with E-state index < -0.39 is 12.1 Å². The summed E-state index contributed by atoms with van der Waals surface area (Å²) in [5.41, 5.74) is 4.68. The quantitative estimate of drug-likeness (QED) is 0.586. The highest BCUT2D eigenvalue weighted by molar-refractivity contribution is 5.76. The lowest BCUT2D eigenvalue weighted by molar-refractivity contribution is 0.187. The summed E-state index contributed by atoms with van der Waals surface area (Å²) in [6, 6.07) is 0. The van der Waals surface area contributed by atoms with E-state index in [-0.39, 0.29) is 5.57 Å². The van der Waals surface area contributed by atoms with E-state index in [1.165, 1.54) is 0 Å². The summed E-state index contributed by atoms with van der Waals surface area (Å²) in [5, 5.41) is 6.69. The second kappa shape index (κ2) is 3.98.